The Kier molecular flexibility index (Phi) is 4.26. The lowest BCUT2D eigenvalue weighted by atomic mass is 10.1. The van der Waals surface area contributed by atoms with Gasteiger partial charge in [-0.05, 0) is 39.0 Å². The van der Waals surface area contributed by atoms with Crippen LogP contribution < -0.4 is 5.56 Å². The molecule has 0 fully saturated rings. The molecule has 3 heterocycles. The first-order chi connectivity index (χ1) is 13.2. The van der Waals surface area contributed by atoms with Crippen LogP contribution in [0.1, 0.15) is 26.5 Å². The molecule has 4 aromatic rings. The molecule has 10 heteroatoms. The van der Waals surface area contributed by atoms with E-state index in [2.05, 4.69) is 20.4 Å². The highest BCUT2D eigenvalue weighted by atomic mass is 35.5. The van der Waals surface area contributed by atoms with Crippen molar-refractivity contribution in [2.45, 2.75) is 32.9 Å². The largest absolute Gasteiger partial charge is 0.292 e. The Bertz CT molecular complexity index is 1230. The summed E-state index contributed by atoms with van der Waals surface area (Å²) in [5.74, 6) is -0.507. The van der Waals surface area contributed by atoms with Crippen molar-refractivity contribution >= 4 is 22.6 Å². The number of fused-ring (bicyclic) bond motifs is 1. The van der Waals surface area contributed by atoms with E-state index in [4.69, 9.17) is 11.6 Å². The second kappa shape index (κ2) is 6.52. The van der Waals surface area contributed by atoms with Gasteiger partial charge in [-0.1, -0.05) is 16.8 Å². The zero-order valence-corrected chi connectivity index (χ0v) is 16.2. The second-order valence-electron chi connectivity index (χ2n) is 7.39. The summed E-state index contributed by atoms with van der Waals surface area (Å²) >= 11 is 5.81. The van der Waals surface area contributed by atoms with Gasteiger partial charge in [0.05, 0.1) is 35.2 Å². The third-order valence-corrected chi connectivity index (χ3v) is 4.52. The van der Waals surface area contributed by atoms with Crippen molar-refractivity contribution in [2.75, 3.05) is 0 Å². The highest BCUT2D eigenvalue weighted by Gasteiger charge is 2.20. The van der Waals surface area contributed by atoms with E-state index in [1.54, 1.807) is 16.9 Å². The molecule has 0 bridgehead atoms. The molecule has 0 saturated heterocycles. The van der Waals surface area contributed by atoms with Gasteiger partial charge in [0.1, 0.15) is 23.2 Å². The molecule has 4 rings (SSSR count). The molecule has 0 aliphatic carbocycles. The second-order valence-corrected chi connectivity index (χ2v) is 7.80. The molecule has 0 unspecified atom stereocenters. The number of aromatic nitrogens is 7. The number of benzene rings is 1. The number of rotatable bonds is 3. The van der Waals surface area contributed by atoms with Gasteiger partial charge in [0, 0.05) is 0 Å². The summed E-state index contributed by atoms with van der Waals surface area (Å²) in [4.78, 5) is 17.2. The number of nitrogens with zero attached hydrogens (tertiary/aromatic N) is 7. The van der Waals surface area contributed by atoms with Gasteiger partial charge in [-0.2, -0.15) is 5.10 Å². The summed E-state index contributed by atoms with van der Waals surface area (Å²) in [6, 6.07) is 4.25. The third-order valence-electron chi connectivity index (χ3n) is 4.23. The van der Waals surface area contributed by atoms with E-state index in [1.165, 1.54) is 33.9 Å². The van der Waals surface area contributed by atoms with E-state index >= 15 is 0 Å². The SMILES string of the molecule is CC(C)(C)n1ncc2c(=O)n(Cc3cn(-c4ccc(F)c(Cl)c4)nn3)cnc21. The normalized spacial score (nSPS) is 12.0. The van der Waals surface area contributed by atoms with E-state index in [-0.39, 0.29) is 22.7 Å². The van der Waals surface area contributed by atoms with Gasteiger partial charge in [-0.15, -0.1) is 5.10 Å². The minimum absolute atomic E-state index is 0.00344. The molecule has 0 radical (unpaired) electrons. The first-order valence-electron chi connectivity index (χ1n) is 8.54. The number of hydrogen-bond acceptors (Lipinski definition) is 5. The van der Waals surface area contributed by atoms with E-state index < -0.39 is 5.82 Å². The molecule has 0 saturated carbocycles. The Morgan fingerprint density at radius 2 is 2.04 bits per heavy atom. The summed E-state index contributed by atoms with van der Waals surface area (Å²) < 4.78 is 18.0. The maximum Gasteiger partial charge on any atom is 0.264 e. The van der Waals surface area contributed by atoms with Crippen LogP contribution in [-0.2, 0) is 12.1 Å². The number of hydrogen-bond donors (Lipinski definition) is 0. The fourth-order valence-electron chi connectivity index (χ4n) is 2.85. The fourth-order valence-corrected chi connectivity index (χ4v) is 3.03. The Labute approximate surface area is 164 Å². The molecule has 0 aliphatic rings. The highest BCUT2D eigenvalue weighted by molar-refractivity contribution is 6.30. The van der Waals surface area contributed by atoms with Crippen LogP contribution in [0.2, 0.25) is 5.02 Å². The van der Waals surface area contributed by atoms with E-state index in [9.17, 15) is 9.18 Å². The van der Waals surface area contributed by atoms with Crippen molar-refractivity contribution in [2.24, 2.45) is 0 Å². The van der Waals surface area contributed by atoms with Crippen LogP contribution in [-0.4, -0.2) is 34.3 Å². The van der Waals surface area contributed by atoms with Gasteiger partial charge in [-0.3, -0.25) is 9.36 Å². The van der Waals surface area contributed by atoms with Gasteiger partial charge in [0.15, 0.2) is 5.65 Å². The van der Waals surface area contributed by atoms with Crippen LogP contribution in [0.5, 0.6) is 0 Å². The summed E-state index contributed by atoms with van der Waals surface area (Å²) in [6.45, 7) is 6.17. The predicted octanol–water partition coefficient (Wildman–Crippen LogP) is 2.77. The highest BCUT2D eigenvalue weighted by Crippen LogP contribution is 2.19. The molecule has 0 atom stereocenters. The van der Waals surface area contributed by atoms with Gasteiger partial charge < -0.3 is 0 Å². The van der Waals surface area contributed by atoms with Gasteiger partial charge in [0.25, 0.3) is 5.56 Å². The van der Waals surface area contributed by atoms with Crippen molar-refractivity contribution in [3.05, 3.63) is 63.8 Å². The molecule has 8 nitrogen and oxygen atoms in total. The molecule has 0 N–H and O–H groups in total. The standard InChI is InChI=1S/C18H17ClFN7O/c1-18(2,3)27-16-13(7-22-27)17(28)25(10-21-16)8-11-9-26(24-23-11)12-4-5-15(20)14(19)6-12/h4-7,9-10H,8H2,1-3H3. The summed E-state index contributed by atoms with van der Waals surface area (Å²) in [6.07, 6.45) is 4.66. The van der Waals surface area contributed by atoms with Crippen molar-refractivity contribution < 1.29 is 4.39 Å². The zero-order valence-electron chi connectivity index (χ0n) is 15.5. The van der Waals surface area contributed by atoms with Crippen molar-refractivity contribution in [3.63, 3.8) is 0 Å². The minimum Gasteiger partial charge on any atom is -0.292 e. The Morgan fingerprint density at radius 1 is 1.25 bits per heavy atom. The first kappa shape index (κ1) is 18.3. The number of halogens is 2. The maximum atomic E-state index is 13.3. The quantitative estimate of drug-likeness (QED) is 0.527. The van der Waals surface area contributed by atoms with Crippen LogP contribution >= 0.6 is 11.6 Å². The van der Waals surface area contributed by atoms with E-state index in [1.807, 2.05) is 20.8 Å². The first-order valence-corrected chi connectivity index (χ1v) is 8.92. The molecule has 0 amide bonds. The van der Waals surface area contributed by atoms with Crippen LogP contribution in [0.4, 0.5) is 4.39 Å². The van der Waals surface area contributed by atoms with Crippen molar-refractivity contribution in [3.8, 4) is 5.69 Å². The lowest BCUT2D eigenvalue weighted by Gasteiger charge is -2.19. The summed E-state index contributed by atoms with van der Waals surface area (Å²) in [5, 5.41) is 12.8. The van der Waals surface area contributed by atoms with Gasteiger partial charge >= 0.3 is 0 Å². The van der Waals surface area contributed by atoms with Crippen molar-refractivity contribution in [1.29, 1.82) is 0 Å². The van der Waals surface area contributed by atoms with Crippen molar-refractivity contribution in [1.82, 2.24) is 34.3 Å². The maximum absolute atomic E-state index is 13.3. The van der Waals surface area contributed by atoms with E-state index in [0.29, 0.717) is 22.4 Å². The zero-order chi connectivity index (χ0) is 20.1. The third kappa shape index (κ3) is 3.18. The molecule has 28 heavy (non-hydrogen) atoms. The Balaban J connectivity index is 1.66. The fraction of sp³-hybridized carbons (Fsp3) is 0.278. The van der Waals surface area contributed by atoms with E-state index in [0.717, 1.165) is 0 Å². The Morgan fingerprint density at radius 3 is 2.75 bits per heavy atom. The van der Waals surface area contributed by atoms with Gasteiger partial charge in [-0.25, -0.2) is 18.7 Å². The lowest BCUT2D eigenvalue weighted by molar-refractivity contribution is 0.365. The van der Waals surface area contributed by atoms with Gasteiger partial charge in [0.2, 0.25) is 0 Å². The van der Waals surface area contributed by atoms with Crippen LogP contribution in [0.25, 0.3) is 16.7 Å². The molecular formula is C18H17ClFN7O. The van der Waals surface area contributed by atoms with Crippen LogP contribution in [0.15, 0.2) is 41.7 Å². The molecule has 0 aliphatic heterocycles. The average molecular weight is 402 g/mol. The minimum atomic E-state index is -0.507. The molecule has 144 valence electrons. The van der Waals surface area contributed by atoms with Crippen LogP contribution in [0.3, 0.4) is 0 Å². The van der Waals surface area contributed by atoms with Crippen LogP contribution in [0, 0.1) is 5.82 Å². The molecule has 3 aromatic heterocycles. The molecular weight excluding hydrogens is 385 g/mol. The average Bonchev–Trinajstić information content (AvgIpc) is 3.27. The smallest absolute Gasteiger partial charge is 0.264 e. The monoisotopic (exact) mass is 401 g/mol. The molecule has 0 spiro atoms. The topological polar surface area (TPSA) is 83.4 Å². The lowest BCUT2D eigenvalue weighted by Crippen LogP contribution is -2.25. The summed E-state index contributed by atoms with van der Waals surface area (Å²) in [7, 11) is 0. The molecule has 1 aromatic carbocycles. The Hall–Kier alpha value is -3.07. The predicted molar refractivity (Wildman–Crippen MR) is 102 cm³/mol. The summed E-state index contributed by atoms with van der Waals surface area (Å²) in [5.41, 5.74) is 1.16.